The van der Waals surface area contributed by atoms with E-state index in [1.165, 1.54) is 0 Å². The molecule has 3 atom stereocenters. The Morgan fingerprint density at radius 1 is 1.26 bits per heavy atom. The summed E-state index contributed by atoms with van der Waals surface area (Å²) >= 11 is 3.43. The average Bonchev–Trinajstić information content (AvgIpc) is 2.47. The molecule has 0 saturated carbocycles. The maximum Gasteiger partial charge on any atom is 0.133 e. The number of halogens is 1. The van der Waals surface area contributed by atoms with E-state index in [-0.39, 0.29) is 12.2 Å². The van der Waals surface area contributed by atoms with Crippen LogP contribution in [0.15, 0.2) is 28.7 Å². The summed E-state index contributed by atoms with van der Waals surface area (Å²) in [6, 6.07) is 7.70. The molecule has 130 valence electrons. The second-order valence-corrected chi connectivity index (χ2v) is 6.84. The molecule has 1 aromatic carbocycles. The van der Waals surface area contributed by atoms with E-state index in [0.29, 0.717) is 26.4 Å². The Bertz CT molecular complexity index is 464. The van der Waals surface area contributed by atoms with Crippen LogP contribution in [0.5, 0.6) is 5.75 Å². The van der Waals surface area contributed by atoms with Gasteiger partial charge in [0.15, 0.2) is 0 Å². The lowest BCUT2D eigenvalue weighted by Crippen LogP contribution is -2.48. The molecule has 1 aliphatic heterocycles. The molecule has 0 aromatic heterocycles. The van der Waals surface area contributed by atoms with Crippen molar-refractivity contribution in [2.75, 3.05) is 39.5 Å². The van der Waals surface area contributed by atoms with Crippen molar-refractivity contribution in [1.29, 1.82) is 0 Å². The smallest absolute Gasteiger partial charge is 0.133 e. The number of rotatable bonds is 8. The molecule has 1 fully saturated rings. The molecule has 1 N–H and O–H groups in total. The van der Waals surface area contributed by atoms with Gasteiger partial charge in [-0.3, -0.25) is 4.90 Å². The summed E-state index contributed by atoms with van der Waals surface area (Å²) in [5.41, 5.74) is 0. The summed E-state index contributed by atoms with van der Waals surface area (Å²) in [7, 11) is 0. The lowest BCUT2D eigenvalue weighted by molar-refractivity contribution is -0.0824. The van der Waals surface area contributed by atoms with E-state index < -0.39 is 6.10 Å². The number of ether oxygens (including phenoxy) is 3. The first kappa shape index (κ1) is 18.7. The Balaban J connectivity index is 1.58. The van der Waals surface area contributed by atoms with Gasteiger partial charge in [0.1, 0.15) is 12.4 Å². The predicted octanol–water partition coefficient (Wildman–Crippen LogP) is 2.31. The van der Waals surface area contributed by atoms with Crippen LogP contribution in [0.25, 0.3) is 0 Å². The van der Waals surface area contributed by atoms with Crippen LogP contribution in [-0.4, -0.2) is 67.8 Å². The highest BCUT2D eigenvalue weighted by atomic mass is 79.9. The number of benzene rings is 1. The van der Waals surface area contributed by atoms with Crippen LogP contribution in [0.1, 0.15) is 13.8 Å². The molecule has 0 amide bonds. The molecule has 0 spiro atoms. The Hall–Kier alpha value is -0.660. The van der Waals surface area contributed by atoms with Gasteiger partial charge in [-0.05, 0) is 41.9 Å². The monoisotopic (exact) mass is 387 g/mol. The maximum atomic E-state index is 10.1. The Labute approximate surface area is 146 Å². The number of β-amino-alcohol motifs (C(OH)–C–C–N with tert-alkyl or cyclic N) is 1. The molecular weight excluding hydrogens is 362 g/mol. The summed E-state index contributed by atoms with van der Waals surface area (Å²) in [4.78, 5) is 2.23. The van der Waals surface area contributed by atoms with Crippen LogP contribution in [0.4, 0.5) is 0 Å². The van der Waals surface area contributed by atoms with Crippen molar-refractivity contribution in [2.24, 2.45) is 0 Å². The van der Waals surface area contributed by atoms with Crippen LogP contribution in [0.3, 0.4) is 0 Å². The maximum absolute atomic E-state index is 10.1. The average molecular weight is 388 g/mol. The third-order valence-corrected chi connectivity index (χ3v) is 4.25. The Kier molecular flexibility index (Phi) is 7.79. The molecule has 0 aliphatic carbocycles. The zero-order valence-corrected chi connectivity index (χ0v) is 15.4. The molecule has 0 radical (unpaired) electrons. The summed E-state index contributed by atoms with van der Waals surface area (Å²) in [5.74, 6) is 0.799. The molecule has 1 saturated heterocycles. The first-order valence-electron chi connectivity index (χ1n) is 8.05. The molecular formula is C17H26BrNO4. The second kappa shape index (κ2) is 9.59. The third-order valence-electron chi connectivity index (χ3n) is 3.60. The molecule has 23 heavy (non-hydrogen) atoms. The second-order valence-electron chi connectivity index (χ2n) is 5.98. The summed E-state index contributed by atoms with van der Waals surface area (Å²) in [6.07, 6.45) is -0.0647. The highest BCUT2D eigenvalue weighted by molar-refractivity contribution is 9.10. The minimum Gasteiger partial charge on any atom is -0.490 e. The lowest BCUT2D eigenvalue weighted by atomic mass is 10.2. The Morgan fingerprint density at radius 3 is 2.65 bits per heavy atom. The first-order valence-corrected chi connectivity index (χ1v) is 8.85. The number of hydrogen-bond acceptors (Lipinski definition) is 5. The summed E-state index contributed by atoms with van der Waals surface area (Å²) in [6.45, 7) is 7.67. The van der Waals surface area contributed by atoms with Crippen LogP contribution >= 0.6 is 15.9 Å². The first-order chi connectivity index (χ1) is 11.0. The summed E-state index contributed by atoms with van der Waals surface area (Å²) in [5, 5.41) is 10.1. The number of aliphatic hydroxyl groups is 1. The fourth-order valence-electron chi connectivity index (χ4n) is 2.78. The highest BCUT2D eigenvalue weighted by Gasteiger charge is 2.23. The van der Waals surface area contributed by atoms with Crippen molar-refractivity contribution in [1.82, 2.24) is 4.90 Å². The van der Waals surface area contributed by atoms with Crippen molar-refractivity contribution >= 4 is 15.9 Å². The van der Waals surface area contributed by atoms with E-state index in [4.69, 9.17) is 14.2 Å². The van der Waals surface area contributed by atoms with E-state index in [2.05, 4.69) is 34.7 Å². The Morgan fingerprint density at radius 2 is 1.96 bits per heavy atom. The third kappa shape index (κ3) is 6.77. The highest BCUT2D eigenvalue weighted by Crippen LogP contribution is 2.23. The van der Waals surface area contributed by atoms with Gasteiger partial charge >= 0.3 is 0 Å². The minimum atomic E-state index is -0.490. The van der Waals surface area contributed by atoms with E-state index in [1.54, 1.807) is 0 Å². The van der Waals surface area contributed by atoms with E-state index in [1.807, 2.05) is 24.3 Å². The molecule has 1 aromatic rings. The van der Waals surface area contributed by atoms with Gasteiger partial charge in [-0.15, -0.1) is 0 Å². The van der Waals surface area contributed by atoms with Gasteiger partial charge in [-0.1, -0.05) is 12.1 Å². The van der Waals surface area contributed by atoms with Crippen molar-refractivity contribution in [2.45, 2.75) is 32.2 Å². The van der Waals surface area contributed by atoms with Crippen LogP contribution < -0.4 is 4.74 Å². The molecule has 1 aliphatic rings. The van der Waals surface area contributed by atoms with Gasteiger partial charge in [0.2, 0.25) is 0 Å². The fraction of sp³-hybridized carbons (Fsp3) is 0.647. The molecule has 1 heterocycles. The van der Waals surface area contributed by atoms with Crippen LogP contribution in [-0.2, 0) is 9.47 Å². The van der Waals surface area contributed by atoms with E-state index >= 15 is 0 Å². The number of morpholine rings is 1. The largest absolute Gasteiger partial charge is 0.490 e. The van der Waals surface area contributed by atoms with Crippen molar-refractivity contribution < 1.29 is 19.3 Å². The van der Waals surface area contributed by atoms with Gasteiger partial charge in [-0.2, -0.15) is 0 Å². The van der Waals surface area contributed by atoms with Gasteiger partial charge in [0.05, 0.1) is 36.0 Å². The van der Waals surface area contributed by atoms with Gasteiger partial charge in [-0.25, -0.2) is 0 Å². The van der Waals surface area contributed by atoms with Gasteiger partial charge in [0, 0.05) is 19.6 Å². The van der Waals surface area contributed by atoms with Crippen molar-refractivity contribution in [3.63, 3.8) is 0 Å². The normalized spacial score (nSPS) is 23.7. The standard InChI is InChI=1S/C17H26BrNO4/c1-13-9-19(10-14(2)23-13)11-15(20)12-21-7-8-22-17-6-4-3-5-16(17)18/h3-6,13-15,20H,7-12H2,1-2H3. The molecule has 3 unspecified atom stereocenters. The molecule has 6 heteroatoms. The number of aliphatic hydroxyl groups excluding tert-OH is 1. The fourth-order valence-corrected chi connectivity index (χ4v) is 3.18. The quantitative estimate of drug-likeness (QED) is 0.693. The van der Waals surface area contributed by atoms with Crippen LogP contribution in [0.2, 0.25) is 0 Å². The van der Waals surface area contributed by atoms with Gasteiger partial charge in [0.25, 0.3) is 0 Å². The number of nitrogens with zero attached hydrogens (tertiary/aromatic N) is 1. The van der Waals surface area contributed by atoms with E-state index in [9.17, 15) is 5.11 Å². The van der Waals surface area contributed by atoms with Gasteiger partial charge < -0.3 is 19.3 Å². The zero-order valence-electron chi connectivity index (χ0n) is 13.8. The minimum absolute atomic E-state index is 0.213. The van der Waals surface area contributed by atoms with E-state index in [0.717, 1.165) is 23.3 Å². The molecule has 0 bridgehead atoms. The van der Waals surface area contributed by atoms with Crippen molar-refractivity contribution in [3.05, 3.63) is 28.7 Å². The lowest BCUT2D eigenvalue weighted by Gasteiger charge is -2.36. The zero-order chi connectivity index (χ0) is 16.7. The number of hydrogen-bond donors (Lipinski definition) is 1. The summed E-state index contributed by atoms with van der Waals surface area (Å²) < 4.78 is 17.7. The predicted molar refractivity (Wildman–Crippen MR) is 92.9 cm³/mol. The molecule has 2 rings (SSSR count). The number of para-hydroxylation sites is 1. The SMILES string of the molecule is CC1CN(CC(O)COCCOc2ccccc2Br)CC(C)O1. The molecule has 5 nitrogen and oxygen atoms in total. The van der Waals surface area contributed by atoms with Crippen molar-refractivity contribution in [3.8, 4) is 5.75 Å². The topological polar surface area (TPSA) is 51.2 Å². The van der Waals surface area contributed by atoms with Crippen LogP contribution in [0, 0.1) is 0 Å².